The molecule has 0 aliphatic carbocycles. The maximum atomic E-state index is 3.52. The summed E-state index contributed by atoms with van der Waals surface area (Å²) in [5.74, 6) is 0. The Morgan fingerprint density at radius 1 is 1.22 bits per heavy atom. The van der Waals surface area contributed by atoms with E-state index in [0.717, 1.165) is 26.1 Å². The molecule has 1 heterocycles. The van der Waals surface area contributed by atoms with Gasteiger partial charge < -0.3 is 10.2 Å². The maximum Gasteiger partial charge on any atom is 0.0403 e. The summed E-state index contributed by atoms with van der Waals surface area (Å²) in [5, 5.41) is 3.52. The van der Waals surface area contributed by atoms with E-state index in [0.29, 0.717) is 0 Å². The van der Waals surface area contributed by atoms with Crippen LogP contribution in [0.1, 0.15) is 39.2 Å². The molecule has 0 aromatic heterocycles. The van der Waals surface area contributed by atoms with E-state index >= 15 is 0 Å². The number of anilines is 1. The van der Waals surface area contributed by atoms with E-state index in [9.17, 15) is 0 Å². The van der Waals surface area contributed by atoms with Crippen molar-refractivity contribution in [3.05, 3.63) is 29.8 Å². The molecule has 18 heavy (non-hydrogen) atoms. The van der Waals surface area contributed by atoms with E-state index in [2.05, 4.69) is 55.3 Å². The summed E-state index contributed by atoms with van der Waals surface area (Å²) in [4.78, 5) is 2.62. The van der Waals surface area contributed by atoms with Crippen molar-refractivity contribution < 1.29 is 0 Å². The molecule has 0 radical (unpaired) electrons. The SMILES string of the molecule is CCc1ccccc1N1CCCNCCC1(C)C. The van der Waals surface area contributed by atoms with Gasteiger partial charge >= 0.3 is 0 Å². The minimum Gasteiger partial charge on any atom is -0.366 e. The van der Waals surface area contributed by atoms with Gasteiger partial charge in [-0.1, -0.05) is 25.1 Å². The molecule has 1 aliphatic rings. The van der Waals surface area contributed by atoms with Gasteiger partial charge in [0, 0.05) is 17.8 Å². The lowest BCUT2D eigenvalue weighted by molar-refractivity contribution is 0.387. The van der Waals surface area contributed by atoms with Crippen LogP contribution >= 0.6 is 0 Å². The largest absolute Gasteiger partial charge is 0.366 e. The molecule has 0 spiro atoms. The lowest BCUT2D eigenvalue weighted by Crippen LogP contribution is -2.49. The molecule has 0 atom stereocenters. The summed E-state index contributed by atoms with van der Waals surface area (Å²) in [5.41, 5.74) is 3.14. The smallest absolute Gasteiger partial charge is 0.0403 e. The van der Waals surface area contributed by atoms with Crippen molar-refractivity contribution in [1.82, 2.24) is 5.32 Å². The molecule has 2 nitrogen and oxygen atoms in total. The number of nitrogens with one attached hydrogen (secondary N) is 1. The van der Waals surface area contributed by atoms with Gasteiger partial charge in [-0.3, -0.25) is 0 Å². The second-order valence-electron chi connectivity index (χ2n) is 5.80. The van der Waals surface area contributed by atoms with Crippen LogP contribution in [0.15, 0.2) is 24.3 Å². The molecule has 1 aliphatic heterocycles. The number of hydrogen-bond donors (Lipinski definition) is 1. The molecule has 2 heteroatoms. The standard InChI is InChI=1S/C16H26N2/c1-4-14-8-5-6-9-15(14)18-13-7-11-17-12-10-16(18,2)3/h5-6,8-9,17H,4,7,10-13H2,1-3H3. The van der Waals surface area contributed by atoms with Crippen molar-refractivity contribution in [2.24, 2.45) is 0 Å². The Morgan fingerprint density at radius 3 is 2.78 bits per heavy atom. The van der Waals surface area contributed by atoms with Crippen LogP contribution in [0.2, 0.25) is 0 Å². The fourth-order valence-electron chi connectivity index (χ4n) is 2.84. The second kappa shape index (κ2) is 5.75. The molecule has 1 N–H and O–H groups in total. The molecule has 0 unspecified atom stereocenters. The minimum atomic E-state index is 0.235. The Kier molecular flexibility index (Phi) is 4.28. The van der Waals surface area contributed by atoms with Crippen molar-refractivity contribution in [1.29, 1.82) is 0 Å². The average Bonchev–Trinajstić information content (AvgIpc) is 2.35. The van der Waals surface area contributed by atoms with Crippen molar-refractivity contribution >= 4 is 5.69 Å². The van der Waals surface area contributed by atoms with Crippen LogP contribution in [0.3, 0.4) is 0 Å². The summed E-state index contributed by atoms with van der Waals surface area (Å²) in [6.45, 7) is 10.4. The van der Waals surface area contributed by atoms with Gasteiger partial charge in [-0.25, -0.2) is 0 Å². The van der Waals surface area contributed by atoms with E-state index < -0.39 is 0 Å². The summed E-state index contributed by atoms with van der Waals surface area (Å²) in [6.07, 6.45) is 3.54. The predicted octanol–water partition coefficient (Wildman–Crippen LogP) is 3.22. The van der Waals surface area contributed by atoms with Gasteiger partial charge in [0.15, 0.2) is 0 Å². The van der Waals surface area contributed by atoms with Crippen molar-refractivity contribution in [2.75, 3.05) is 24.5 Å². The van der Waals surface area contributed by atoms with Crippen LogP contribution in [0.4, 0.5) is 5.69 Å². The third kappa shape index (κ3) is 2.86. The van der Waals surface area contributed by atoms with Crippen molar-refractivity contribution in [2.45, 2.75) is 45.6 Å². The summed E-state index contributed by atoms with van der Waals surface area (Å²) >= 11 is 0. The Balaban J connectivity index is 2.32. The first-order chi connectivity index (χ1) is 8.65. The second-order valence-corrected chi connectivity index (χ2v) is 5.80. The first kappa shape index (κ1) is 13.4. The van der Waals surface area contributed by atoms with Gasteiger partial charge in [0.2, 0.25) is 0 Å². The average molecular weight is 246 g/mol. The summed E-state index contributed by atoms with van der Waals surface area (Å²) < 4.78 is 0. The zero-order chi connectivity index (χ0) is 13.0. The number of para-hydroxylation sites is 1. The quantitative estimate of drug-likeness (QED) is 0.862. The van der Waals surface area contributed by atoms with E-state index in [1.807, 2.05) is 0 Å². The first-order valence-corrected chi connectivity index (χ1v) is 7.21. The van der Waals surface area contributed by atoms with E-state index in [1.165, 1.54) is 24.1 Å². The zero-order valence-electron chi connectivity index (χ0n) is 12.0. The number of benzene rings is 1. The molecular formula is C16H26N2. The minimum absolute atomic E-state index is 0.235. The highest BCUT2D eigenvalue weighted by Gasteiger charge is 2.28. The van der Waals surface area contributed by atoms with Gasteiger partial charge in [0.25, 0.3) is 0 Å². The molecular weight excluding hydrogens is 220 g/mol. The van der Waals surface area contributed by atoms with Crippen LogP contribution in [0, 0.1) is 0 Å². The number of hydrogen-bond acceptors (Lipinski definition) is 2. The molecule has 1 aromatic rings. The molecule has 2 rings (SSSR count). The van der Waals surface area contributed by atoms with Crippen molar-refractivity contribution in [3.8, 4) is 0 Å². The van der Waals surface area contributed by atoms with Gasteiger partial charge in [-0.15, -0.1) is 0 Å². The van der Waals surface area contributed by atoms with E-state index in [1.54, 1.807) is 0 Å². The molecule has 0 bridgehead atoms. The first-order valence-electron chi connectivity index (χ1n) is 7.21. The Labute approximate surface area is 111 Å². The third-order valence-corrected chi connectivity index (χ3v) is 4.04. The van der Waals surface area contributed by atoms with Crippen LogP contribution in [-0.4, -0.2) is 25.2 Å². The molecule has 1 fully saturated rings. The van der Waals surface area contributed by atoms with Crippen LogP contribution in [0.5, 0.6) is 0 Å². The van der Waals surface area contributed by atoms with Crippen LogP contribution < -0.4 is 10.2 Å². The highest BCUT2D eigenvalue weighted by Crippen LogP contribution is 2.30. The predicted molar refractivity (Wildman–Crippen MR) is 79.3 cm³/mol. The van der Waals surface area contributed by atoms with Gasteiger partial charge in [0.1, 0.15) is 0 Å². The lowest BCUT2D eigenvalue weighted by Gasteiger charge is -2.43. The monoisotopic (exact) mass is 246 g/mol. The molecule has 0 amide bonds. The topological polar surface area (TPSA) is 15.3 Å². The Bertz CT molecular complexity index is 384. The highest BCUT2D eigenvalue weighted by atomic mass is 15.2. The fourth-order valence-corrected chi connectivity index (χ4v) is 2.84. The van der Waals surface area contributed by atoms with E-state index in [-0.39, 0.29) is 5.54 Å². The molecule has 1 saturated heterocycles. The Hall–Kier alpha value is -1.02. The molecule has 0 saturated carbocycles. The zero-order valence-corrected chi connectivity index (χ0v) is 12.0. The van der Waals surface area contributed by atoms with Gasteiger partial charge in [-0.05, 0) is 57.8 Å². The number of aryl methyl sites for hydroxylation is 1. The van der Waals surface area contributed by atoms with Gasteiger partial charge in [0.05, 0.1) is 0 Å². The lowest BCUT2D eigenvalue weighted by atomic mass is 9.94. The maximum absolute atomic E-state index is 3.52. The van der Waals surface area contributed by atoms with Crippen molar-refractivity contribution in [3.63, 3.8) is 0 Å². The van der Waals surface area contributed by atoms with Crippen LogP contribution in [-0.2, 0) is 6.42 Å². The summed E-state index contributed by atoms with van der Waals surface area (Å²) in [7, 11) is 0. The Morgan fingerprint density at radius 2 is 2.00 bits per heavy atom. The molecule has 100 valence electrons. The normalized spacial score (nSPS) is 20.3. The third-order valence-electron chi connectivity index (χ3n) is 4.04. The highest BCUT2D eigenvalue weighted by molar-refractivity contribution is 5.55. The number of rotatable bonds is 2. The number of nitrogens with zero attached hydrogens (tertiary/aromatic N) is 1. The van der Waals surface area contributed by atoms with Crippen LogP contribution in [0.25, 0.3) is 0 Å². The summed E-state index contributed by atoms with van der Waals surface area (Å²) in [6, 6.07) is 8.88. The molecule has 1 aromatic carbocycles. The van der Waals surface area contributed by atoms with E-state index in [4.69, 9.17) is 0 Å². The van der Waals surface area contributed by atoms with Gasteiger partial charge in [-0.2, -0.15) is 0 Å². The fraction of sp³-hybridized carbons (Fsp3) is 0.625.